The van der Waals surface area contributed by atoms with Gasteiger partial charge in [0.2, 0.25) is 8.32 Å². The molecule has 2 rings (SSSR count). The quantitative estimate of drug-likeness (QED) is 0.0874. The molecule has 229 valence electrons. The summed E-state index contributed by atoms with van der Waals surface area (Å²) in [4.78, 5) is 23.6. The molecule has 0 aliphatic heterocycles. The van der Waals surface area contributed by atoms with Gasteiger partial charge in [0.15, 0.2) is 16.6 Å². The molecule has 2 aromatic rings. The van der Waals surface area contributed by atoms with Crippen molar-refractivity contribution < 1.29 is 31.4 Å². The van der Waals surface area contributed by atoms with Gasteiger partial charge in [-0.2, -0.15) is 0 Å². The van der Waals surface area contributed by atoms with E-state index < -0.39 is 34.5 Å². The minimum Gasteiger partial charge on any atom is -0.462 e. The van der Waals surface area contributed by atoms with Gasteiger partial charge in [0.1, 0.15) is 0 Å². The first-order valence-corrected chi connectivity index (χ1v) is 24.2. The molecule has 0 saturated carbocycles. The summed E-state index contributed by atoms with van der Waals surface area (Å²) in [5.74, 6) is -0.748. The maximum atomic E-state index is 11.8. The lowest BCUT2D eigenvalue weighted by molar-refractivity contribution is -0.139. The summed E-state index contributed by atoms with van der Waals surface area (Å²) in [5, 5.41) is 2.28. The maximum absolute atomic E-state index is 11.8. The summed E-state index contributed by atoms with van der Waals surface area (Å²) in [6.07, 6.45) is 1.38. The number of rotatable bonds is 18. The molecule has 0 aromatic heterocycles. The second kappa shape index (κ2) is 16.5. The molecule has 11 heteroatoms. The highest BCUT2D eigenvalue weighted by atomic mass is 28.5. The second-order valence-corrected chi connectivity index (χ2v) is 26.1. The molecule has 0 aliphatic rings. The van der Waals surface area contributed by atoms with Crippen molar-refractivity contribution in [2.45, 2.75) is 71.5 Å². The third-order valence-electron chi connectivity index (χ3n) is 6.67. The van der Waals surface area contributed by atoms with Gasteiger partial charge in [-0.3, -0.25) is 0 Å². The van der Waals surface area contributed by atoms with Gasteiger partial charge < -0.3 is 21.8 Å². The van der Waals surface area contributed by atoms with Crippen molar-refractivity contribution in [2.75, 3.05) is 13.2 Å². The first-order chi connectivity index (χ1) is 19.7. The maximum Gasteiger partial charge on any atom is 0.544 e. The predicted octanol–water partition coefficient (Wildman–Crippen LogP) is 5.84. The zero-order valence-electron chi connectivity index (χ0n) is 26.3. The SMILES string of the molecule is C=C(C)C(=O)OCCC[Si](C)(C)O[Si](O[Si](C)(C)CCCOC(=O)C(=C)C)O[Si](C)(c1ccccc1)c1ccccc1. The van der Waals surface area contributed by atoms with E-state index in [1.807, 2.05) is 36.4 Å². The highest BCUT2D eigenvalue weighted by molar-refractivity contribution is 6.99. The standard InChI is InChI=1S/C31H47O7Si4/c1-26(2)30(32)34-22-16-24-40(5,6)36-39(37-41(7,8)25-17-23-35-31(33)27(3)4)38-42(9,28-18-12-10-13-19-28)29-20-14-11-15-21-29/h10-15,18-21H,1,3,16-17,22-25H2,2,4-9H3. The van der Waals surface area contributed by atoms with E-state index in [0.29, 0.717) is 37.2 Å². The molecule has 2 aromatic carbocycles. The van der Waals surface area contributed by atoms with Gasteiger partial charge in [0.25, 0.3) is 0 Å². The Kier molecular flexibility index (Phi) is 14.0. The summed E-state index contributed by atoms with van der Waals surface area (Å²) in [6.45, 7) is 22.0. The first-order valence-electron chi connectivity index (χ1n) is 14.4. The molecule has 7 nitrogen and oxygen atoms in total. The van der Waals surface area contributed by atoms with Gasteiger partial charge in [0, 0.05) is 11.1 Å². The molecule has 0 amide bonds. The fourth-order valence-electron chi connectivity index (χ4n) is 4.15. The molecule has 1 radical (unpaired) electrons. The van der Waals surface area contributed by atoms with E-state index in [2.05, 4.69) is 70.2 Å². The van der Waals surface area contributed by atoms with E-state index in [1.54, 1.807) is 13.8 Å². The molecule has 0 unspecified atom stereocenters. The van der Waals surface area contributed by atoms with Crippen molar-refractivity contribution in [1.82, 2.24) is 0 Å². The molecule has 0 atom stereocenters. The Hall–Kier alpha value is -2.39. The molecule has 0 aliphatic carbocycles. The number of benzene rings is 2. The van der Waals surface area contributed by atoms with Crippen LogP contribution in [0.4, 0.5) is 0 Å². The molecule has 0 heterocycles. The number of esters is 2. The van der Waals surface area contributed by atoms with Gasteiger partial charge >= 0.3 is 21.5 Å². The molecule has 0 spiro atoms. The zero-order chi connectivity index (χ0) is 31.4. The lowest BCUT2D eigenvalue weighted by Gasteiger charge is -2.37. The van der Waals surface area contributed by atoms with E-state index in [1.165, 1.54) is 0 Å². The third kappa shape index (κ3) is 12.1. The number of ether oxygens (including phenoxy) is 2. The van der Waals surface area contributed by atoms with Crippen LogP contribution in [-0.4, -0.2) is 59.6 Å². The van der Waals surface area contributed by atoms with Crippen molar-refractivity contribution in [3.63, 3.8) is 0 Å². The Morgan fingerprint density at radius 1 is 0.643 bits per heavy atom. The summed E-state index contributed by atoms with van der Waals surface area (Å²) < 4.78 is 31.4. The smallest absolute Gasteiger partial charge is 0.462 e. The Balaban J connectivity index is 2.27. The Morgan fingerprint density at radius 2 is 1.00 bits per heavy atom. The van der Waals surface area contributed by atoms with Gasteiger partial charge in [-0.15, -0.1) is 0 Å². The van der Waals surface area contributed by atoms with Crippen LogP contribution in [0.1, 0.15) is 26.7 Å². The largest absolute Gasteiger partial charge is 0.544 e. The van der Waals surface area contributed by atoms with Crippen molar-refractivity contribution >= 4 is 56.8 Å². The summed E-state index contributed by atoms with van der Waals surface area (Å²) in [5.41, 5.74) is 0.783. The van der Waals surface area contributed by atoms with Crippen LogP contribution in [0.2, 0.25) is 44.8 Å². The van der Waals surface area contributed by atoms with E-state index in [0.717, 1.165) is 22.5 Å². The average Bonchev–Trinajstić information content (AvgIpc) is 2.93. The highest BCUT2D eigenvalue weighted by Crippen LogP contribution is 2.23. The molecule has 0 bridgehead atoms. The van der Waals surface area contributed by atoms with Crippen molar-refractivity contribution in [3.05, 3.63) is 85.0 Å². The van der Waals surface area contributed by atoms with Crippen LogP contribution in [0.3, 0.4) is 0 Å². The minimum absolute atomic E-state index is 0.318. The Morgan fingerprint density at radius 3 is 1.33 bits per heavy atom. The summed E-state index contributed by atoms with van der Waals surface area (Å²) >= 11 is 0. The second-order valence-electron chi connectivity index (χ2n) is 11.9. The highest BCUT2D eigenvalue weighted by Gasteiger charge is 2.44. The van der Waals surface area contributed by atoms with E-state index in [9.17, 15) is 9.59 Å². The monoisotopic (exact) mass is 643 g/mol. The fourth-order valence-corrected chi connectivity index (χ4v) is 16.5. The van der Waals surface area contributed by atoms with E-state index in [4.69, 9.17) is 21.8 Å². The number of hydrogen-bond acceptors (Lipinski definition) is 7. The number of hydrogen-bond donors (Lipinski definition) is 0. The topological polar surface area (TPSA) is 80.3 Å². The van der Waals surface area contributed by atoms with Crippen LogP contribution in [0.5, 0.6) is 0 Å². The Labute approximate surface area is 257 Å². The Bertz CT molecular complexity index is 1100. The molecule has 0 N–H and O–H groups in total. The molecule has 0 fully saturated rings. The number of carbonyl (C=O) groups excluding carboxylic acids is 2. The van der Waals surface area contributed by atoms with Crippen LogP contribution in [-0.2, 0) is 31.4 Å². The van der Waals surface area contributed by atoms with Gasteiger partial charge in [-0.25, -0.2) is 9.59 Å². The van der Waals surface area contributed by atoms with E-state index >= 15 is 0 Å². The third-order valence-corrected chi connectivity index (χ3v) is 20.7. The zero-order valence-corrected chi connectivity index (χ0v) is 30.3. The lowest BCUT2D eigenvalue weighted by Crippen LogP contribution is -2.63. The van der Waals surface area contributed by atoms with Crippen molar-refractivity contribution in [3.8, 4) is 0 Å². The van der Waals surface area contributed by atoms with Crippen LogP contribution in [0.25, 0.3) is 0 Å². The normalized spacial score (nSPS) is 12.2. The fraction of sp³-hybridized carbons (Fsp3) is 0.419. The van der Waals surface area contributed by atoms with Crippen LogP contribution in [0, 0.1) is 0 Å². The summed E-state index contributed by atoms with van der Waals surface area (Å²) in [6, 6.07) is 22.2. The molecule has 42 heavy (non-hydrogen) atoms. The molecular formula is C31H47O7Si4. The lowest BCUT2D eigenvalue weighted by atomic mass is 10.4. The van der Waals surface area contributed by atoms with Gasteiger partial charge in [-0.05, 0) is 81.9 Å². The van der Waals surface area contributed by atoms with Gasteiger partial charge in [-0.1, -0.05) is 73.8 Å². The molecular weight excluding hydrogens is 597 g/mol. The number of carbonyl (C=O) groups is 2. The van der Waals surface area contributed by atoms with Crippen molar-refractivity contribution in [1.29, 1.82) is 0 Å². The van der Waals surface area contributed by atoms with E-state index in [-0.39, 0.29) is 11.9 Å². The molecule has 0 saturated heterocycles. The van der Waals surface area contributed by atoms with Crippen LogP contribution < -0.4 is 10.4 Å². The van der Waals surface area contributed by atoms with Crippen LogP contribution in [0.15, 0.2) is 85.0 Å². The van der Waals surface area contributed by atoms with Crippen LogP contribution >= 0.6 is 0 Å². The summed E-state index contributed by atoms with van der Waals surface area (Å²) in [7, 11) is -9.49. The predicted molar refractivity (Wildman–Crippen MR) is 178 cm³/mol. The minimum atomic E-state index is -2.71. The van der Waals surface area contributed by atoms with Crippen molar-refractivity contribution in [2.24, 2.45) is 0 Å². The first kappa shape index (κ1) is 35.8. The van der Waals surface area contributed by atoms with Gasteiger partial charge in [0.05, 0.1) is 13.2 Å². The average molecular weight is 644 g/mol.